The van der Waals surface area contributed by atoms with E-state index in [-0.39, 0.29) is 31.8 Å². The molecule has 8 nitrogen and oxygen atoms in total. The first-order chi connectivity index (χ1) is 16.7. The standard InChI is InChI=1S/C27H32N2O6/c1-5-15-33-22-13-9-12-20-23(22)21(28-35-18-19-10-7-6-8-11-19)17-29(26(31)32)24(20)25(30)34-16-14-27(2,3)4/h5-13,24H,1,14-18H2,2-4H3,(H,31,32). The normalized spacial score (nSPS) is 16.4. The Balaban J connectivity index is 1.97. The van der Waals surface area contributed by atoms with Gasteiger partial charge in [0.05, 0.1) is 13.2 Å². The van der Waals surface area contributed by atoms with Crippen LogP contribution in [0.2, 0.25) is 0 Å². The van der Waals surface area contributed by atoms with Crippen LogP contribution in [0.5, 0.6) is 5.75 Å². The van der Waals surface area contributed by atoms with Gasteiger partial charge in [0.25, 0.3) is 0 Å². The molecule has 186 valence electrons. The van der Waals surface area contributed by atoms with Crippen molar-refractivity contribution in [3.05, 3.63) is 77.9 Å². The number of hydrogen-bond acceptors (Lipinski definition) is 6. The molecule has 1 aliphatic rings. The summed E-state index contributed by atoms with van der Waals surface area (Å²) in [4.78, 5) is 31.9. The zero-order valence-corrected chi connectivity index (χ0v) is 20.4. The van der Waals surface area contributed by atoms with E-state index in [1.807, 2.05) is 51.1 Å². The molecule has 1 N–H and O–H groups in total. The SMILES string of the molecule is C=CCOc1cccc2c1C(=NOCc1ccccc1)CN(C(=O)O)C2C(=O)OCCC(C)(C)C. The first-order valence-electron chi connectivity index (χ1n) is 11.5. The van der Waals surface area contributed by atoms with E-state index in [9.17, 15) is 14.7 Å². The van der Waals surface area contributed by atoms with Gasteiger partial charge < -0.3 is 19.4 Å². The maximum absolute atomic E-state index is 13.1. The molecule has 1 unspecified atom stereocenters. The summed E-state index contributed by atoms with van der Waals surface area (Å²) < 4.78 is 11.3. The number of carbonyl (C=O) groups excluding carboxylic acids is 1. The lowest BCUT2D eigenvalue weighted by Gasteiger charge is -2.35. The van der Waals surface area contributed by atoms with Crippen LogP contribution in [-0.4, -0.2) is 47.5 Å². The van der Waals surface area contributed by atoms with Crippen molar-refractivity contribution in [2.24, 2.45) is 10.6 Å². The number of hydrogen-bond donors (Lipinski definition) is 1. The fourth-order valence-corrected chi connectivity index (χ4v) is 3.66. The minimum Gasteiger partial charge on any atom is -0.489 e. The fraction of sp³-hybridized carbons (Fsp3) is 0.370. The first-order valence-corrected chi connectivity index (χ1v) is 11.5. The Labute approximate surface area is 205 Å². The van der Waals surface area contributed by atoms with E-state index in [2.05, 4.69) is 11.7 Å². The van der Waals surface area contributed by atoms with Crippen molar-refractivity contribution >= 4 is 17.8 Å². The van der Waals surface area contributed by atoms with E-state index in [0.717, 1.165) is 10.5 Å². The number of fused-ring (bicyclic) bond motifs is 1. The molecule has 0 saturated carbocycles. The molecule has 2 aromatic rings. The second-order valence-corrected chi connectivity index (χ2v) is 9.41. The van der Waals surface area contributed by atoms with Gasteiger partial charge in [-0.05, 0) is 29.0 Å². The van der Waals surface area contributed by atoms with Gasteiger partial charge in [-0.2, -0.15) is 0 Å². The lowest BCUT2D eigenvalue weighted by Crippen LogP contribution is -2.46. The molecule has 1 atom stereocenters. The zero-order valence-electron chi connectivity index (χ0n) is 20.4. The molecule has 35 heavy (non-hydrogen) atoms. The molecular weight excluding hydrogens is 448 g/mol. The Hall–Kier alpha value is -3.81. The summed E-state index contributed by atoms with van der Waals surface area (Å²) in [5.74, 6) is -0.176. The van der Waals surface area contributed by atoms with Crippen molar-refractivity contribution in [3.63, 3.8) is 0 Å². The first kappa shape index (κ1) is 25.8. The van der Waals surface area contributed by atoms with Crippen LogP contribution in [0.3, 0.4) is 0 Å². The zero-order chi connectivity index (χ0) is 25.4. The lowest BCUT2D eigenvalue weighted by atomic mass is 9.90. The number of nitrogens with zero attached hydrogens (tertiary/aromatic N) is 2. The summed E-state index contributed by atoms with van der Waals surface area (Å²) in [7, 11) is 0. The van der Waals surface area contributed by atoms with E-state index in [1.54, 1.807) is 24.3 Å². The third kappa shape index (κ3) is 6.85. The van der Waals surface area contributed by atoms with Crippen molar-refractivity contribution in [2.45, 2.75) is 39.8 Å². The van der Waals surface area contributed by atoms with Crippen LogP contribution >= 0.6 is 0 Å². The number of benzene rings is 2. The third-order valence-electron chi connectivity index (χ3n) is 5.44. The van der Waals surface area contributed by atoms with Crippen molar-refractivity contribution in [1.82, 2.24) is 4.90 Å². The molecule has 0 aromatic heterocycles. The van der Waals surface area contributed by atoms with Crippen LogP contribution in [-0.2, 0) is 21.0 Å². The molecule has 8 heteroatoms. The van der Waals surface area contributed by atoms with Crippen LogP contribution in [0.15, 0.2) is 66.3 Å². The highest BCUT2D eigenvalue weighted by molar-refractivity contribution is 6.09. The maximum atomic E-state index is 13.1. The van der Waals surface area contributed by atoms with Gasteiger partial charge in [-0.1, -0.05) is 81.0 Å². The van der Waals surface area contributed by atoms with Crippen molar-refractivity contribution in [2.75, 3.05) is 19.8 Å². The predicted octanol–water partition coefficient (Wildman–Crippen LogP) is 5.19. The van der Waals surface area contributed by atoms with Crippen LogP contribution in [0, 0.1) is 5.41 Å². The van der Waals surface area contributed by atoms with Crippen LogP contribution in [0.4, 0.5) is 4.79 Å². The average Bonchev–Trinajstić information content (AvgIpc) is 2.81. The minimum absolute atomic E-state index is 0.0289. The van der Waals surface area contributed by atoms with Gasteiger partial charge in [-0.25, -0.2) is 9.59 Å². The van der Waals surface area contributed by atoms with Crippen molar-refractivity contribution < 1.29 is 29.0 Å². The number of rotatable bonds is 9. The van der Waals surface area contributed by atoms with Gasteiger partial charge in [-0.3, -0.25) is 4.90 Å². The molecule has 0 bridgehead atoms. The quantitative estimate of drug-likeness (QED) is 0.301. The van der Waals surface area contributed by atoms with Gasteiger partial charge in [0, 0.05) is 5.56 Å². The largest absolute Gasteiger partial charge is 0.489 e. The maximum Gasteiger partial charge on any atom is 0.408 e. The number of carboxylic acid groups (broad SMARTS) is 1. The summed E-state index contributed by atoms with van der Waals surface area (Å²) in [6.07, 6.45) is 0.988. The van der Waals surface area contributed by atoms with Crippen LogP contribution in [0.25, 0.3) is 0 Å². The van der Waals surface area contributed by atoms with E-state index in [1.165, 1.54) is 0 Å². The molecule has 0 fully saturated rings. The van der Waals surface area contributed by atoms with Gasteiger partial charge in [0.1, 0.15) is 24.7 Å². The van der Waals surface area contributed by atoms with Gasteiger partial charge in [0.2, 0.25) is 0 Å². The van der Waals surface area contributed by atoms with E-state index in [4.69, 9.17) is 14.3 Å². The number of carbonyl (C=O) groups is 2. The predicted molar refractivity (Wildman–Crippen MR) is 132 cm³/mol. The Morgan fingerprint density at radius 2 is 1.91 bits per heavy atom. The highest BCUT2D eigenvalue weighted by Crippen LogP contribution is 2.37. The molecule has 1 amide bonds. The highest BCUT2D eigenvalue weighted by Gasteiger charge is 2.41. The van der Waals surface area contributed by atoms with E-state index >= 15 is 0 Å². The molecule has 0 radical (unpaired) electrons. The highest BCUT2D eigenvalue weighted by atomic mass is 16.6. The average molecular weight is 481 g/mol. The molecular formula is C27H32N2O6. The Morgan fingerprint density at radius 1 is 1.17 bits per heavy atom. The van der Waals surface area contributed by atoms with Gasteiger partial charge in [-0.15, -0.1) is 0 Å². The molecule has 0 spiro atoms. The van der Waals surface area contributed by atoms with Crippen molar-refractivity contribution in [3.8, 4) is 5.75 Å². The van der Waals surface area contributed by atoms with Gasteiger partial charge in [0.15, 0.2) is 6.04 Å². The number of oxime groups is 1. The van der Waals surface area contributed by atoms with Crippen molar-refractivity contribution in [1.29, 1.82) is 0 Å². The molecule has 1 aliphatic heterocycles. The van der Waals surface area contributed by atoms with Gasteiger partial charge >= 0.3 is 12.1 Å². The lowest BCUT2D eigenvalue weighted by molar-refractivity contribution is -0.150. The second-order valence-electron chi connectivity index (χ2n) is 9.41. The molecule has 0 aliphatic carbocycles. The molecule has 1 heterocycles. The summed E-state index contributed by atoms with van der Waals surface area (Å²) in [6.45, 7) is 10.3. The third-order valence-corrected chi connectivity index (χ3v) is 5.44. The Kier molecular flexibility index (Phi) is 8.52. The molecule has 0 saturated heterocycles. The number of esters is 1. The monoisotopic (exact) mass is 480 g/mol. The Morgan fingerprint density at radius 3 is 2.57 bits per heavy atom. The summed E-state index contributed by atoms with van der Waals surface area (Å²) >= 11 is 0. The summed E-state index contributed by atoms with van der Waals surface area (Å²) in [5.41, 5.74) is 2.19. The summed E-state index contributed by atoms with van der Waals surface area (Å²) in [6, 6.07) is 13.5. The van der Waals surface area contributed by atoms with E-state index in [0.29, 0.717) is 29.0 Å². The number of amides is 1. The minimum atomic E-state index is -1.26. The smallest absolute Gasteiger partial charge is 0.408 e. The fourth-order valence-electron chi connectivity index (χ4n) is 3.66. The Bertz CT molecular complexity index is 1070. The number of ether oxygens (including phenoxy) is 2. The second kappa shape index (κ2) is 11.6. The molecule has 2 aromatic carbocycles. The molecule has 3 rings (SSSR count). The van der Waals surface area contributed by atoms with E-state index < -0.39 is 18.1 Å². The van der Waals surface area contributed by atoms with Crippen LogP contribution in [0.1, 0.15) is 49.9 Å². The topological polar surface area (TPSA) is 97.7 Å². The van der Waals surface area contributed by atoms with Crippen LogP contribution < -0.4 is 4.74 Å². The summed E-state index contributed by atoms with van der Waals surface area (Å²) in [5, 5.41) is 14.2.